The van der Waals surface area contributed by atoms with Gasteiger partial charge in [0.15, 0.2) is 0 Å². The van der Waals surface area contributed by atoms with Crippen molar-refractivity contribution in [3.63, 3.8) is 0 Å². The van der Waals surface area contributed by atoms with Crippen molar-refractivity contribution in [2.24, 2.45) is 0 Å². The van der Waals surface area contributed by atoms with E-state index in [1.807, 2.05) is 48.6 Å². The summed E-state index contributed by atoms with van der Waals surface area (Å²) in [5.74, 6) is 0. The molecule has 2 N–H and O–H groups in total. The SMILES string of the molecule is Nc1ccccc1C=Cc1ccncc1. The van der Waals surface area contributed by atoms with Crippen LogP contribution in [0.25, 0.3) is 12.2 Å². The molecule has 15 heavy (non-hydrogen) atoms. The van der Waals surface area contributed by atoms with Crippen LogP contribution in [0.4, 0.5) is 5.69 Å². The number of aromatic nitrogens is 1. The van der Waals surface area contributed by atoms with Crippen molar-refractivity contribution in [1.29, 1.82) is 0 Å². The van der Waals surface area contributed by atoms with Crippen molar-refractivity contribution in [3.8, 4) is 0 Å². The number of pyridine rings is 1. The second-order valence-electron chi connectivity index (χ2n) is 3.24. The Kier molecular flexibility index (Phi) is 2.79. The maximum absolute atomic E-state index is 5.82. The highest BCUT2D eigenvalue weighted by molar-refractivity contribution is 5.75. The van der Waals surface area contributed by atoms with Crippen LogP contribution in [0.5, 0.6) is 0 Å². The average molecular weight is 196 g/mol. The van der Waals surface area contributed by atoms with Gasteiger partial charge in [0, 0.05) is 18.1 Å². The fourth-order valence-corrected chi connectivity index (χ4v) is 1.32. The van der Waals surface area contributed by atoms with E-state index in [1.54, 1.807) is 12.4 Å². The van der Waals surface area contributed by atoms with E-state index < -0.39 is 0 Å². The van der Waals surface area contributed by atoms with E-state index in [0.29, 0.717) is 0 Å². The third-order valence-corrected chi connectivity index (χ3v) is 2.16. The molecule has 74 valence electrons. The Hall–Kier alpha value is -2.09. The van der Waals surface area contributed by atoms with Crippen LogP contribution in [0.3, 0.4) is 0 Å². The van der Waals surface area contributed by atoms with E-state index in [0.717, 1.165) is 16.8 Å². The number of nitrogens with two attached hydrogens (primary N) is 1. The Balaban J connectivity index is 2.23. The van der Waals surface area contributed by atoms with E-state index >= 15 is 0 Å². The molecule has 0 unspecified atom stereocenters. The molecule has 1 aromatic carbocycles. The van der Waals surface area contributed by atoms with Gasteiger partial charge in [-0.15, -0.1) is 0 Å². The second-order valence-corrected chi connectivity index (χ2v) is 3.24. The van der Waals surface area contributed by atoms with Gasteiger partial charge in [0.25, 0.3) is 0 Å². The van der Waals surface area contributed by atoms with Gasteiger partial charge in [-0.1, -0.05) is 30.4 Å². The molecule has 0 spiro atoms. The largest absolute Gasteiger partial charge is 0.398 e. The topological polar surface area (TPSA) is 38.9 Å². The third kappa shape index (κ3) is 2.44. The lowest BCUT2D eigenvalue weighted by molar-refractivity contribution is 1.32. The van der Waals surface area contributed by atoms with Crippen LogP contribution < -0.4 is 5.73 Å². The lowest BCUT2D eigenvalue weighted by atomic mass is 10.1. The molecule has 0 saturated carbocycles. The molecule has 2 heteroatoms. The molecule has 2 rings (SSSR count). The van der Waals surface area contributed by atoms with E-state index in [4.69, 9.17) is 5.73 Å². The molecular weight excluding hydrogens is 184 g/mol. The number of anilines is 1. The summed E-state index contributed by atoms with van der Waals surface area (Å²) in [7, 11) is 0. The molecule has 1 heterocycles. The Morgan fingerprint density at radius 2 is 1.67 bits per heavy atom. The van der Waals surface area contributed by atoms with Crippen LogP contribution in [0.1, 0.15) is 11.1 Å². The number of nitrogens with zero attached hydrogens (tertiary/aromatic N) is 1. The Labute approximate surface area is 89.1 Å². The lowest BCUT2D eigenvalue weighted by Gasteiger charge is -1.98. The van der Waals surface area contributed by atoms with Crippen LogP contribution >= 0.6 is 0 Å². The van der Waals surface area contributed by atoms with Crippen molar-refractivity contribution >= 4 is 17.8 Å². The van der Waals surface area contributed by atoms with Gasteiger partial charge in [-0.2, -0.15) is 0 Å². The summed E-state index contributed by atoms with van der Waals surface area (Å²) in [6.07, 6.45) is 7.57. The van der Waals surface area contributed by atoms with Crippen LogP contribution in [0.2, 0.25) is 0 Å². The van der Waals surface area contributed by atoms with Crippen LogP contribution in [-0.4, -0.2) is 4.98 Å². The molecule has 0 aliphatic carbocycles. The Morgan fingerprint density at radius 1 is 0.933 bits per heavy atom. The molecule has 0 aliphatic heterocycles. The summed E-state index contributed by atoms with van der Waals surface area (Å²) >= 11 is 0. The standard InChI is InChI=1S/C13H12N2/c14-13-4-2-1-3-12(13)6-5-11-7-9-15-10-8-11/h1-10H,14H2. The van der Waals surface area contributed by atoms with Crippen molar-refractivity contribution in [1.82, 2.24) is 4.98 Å². The number of benzene rings is 1. The van der Waals surface area contributed by atoms with Gasteiger partial charge in [0.1, 0.15) is 0 Å². The summed E-state index contributed by atoms with van der Waals surface area (Å²) in [5.41, 5.74) is 8.77. The summed E-state index contributed by atoms with van der Waals surface area (Å²) in [4.78, 5) is 3.96. The molecule has 1 aromatic heterocycles. The minimum atomic E-state index is 0.794. The summed E-state index contributed by atoms with van der Waals surface area (Å²) in [6.45, 7) is 0. The molecule has 0 saturated heterocycles. The van der Waals surface area contributed by atoms with Crippen molar-refractivity contribution in [2.45, 2.75) is 0 Å². The minimum Gasteiger partial charge on any atom is -0.398 e. The first-order valence-electron chi connectivity index (χ1n) is 4.79. The zero-order chi connectivity index (χ0) is 10.5. The zero-order valence-electron chi connectivity index (χ0n) is 8.30. The average Bonchev–Trinajstić information content (AvgIpc) is 2.29. The highest BCUT2D eigenvalue weighted by atomic mass is 14.6. The van der Waals surface area contributed by atoms with Gasteiger partial charge < -0.3 is 5.73 Å². The van der Waals surface area contributed by atoms with E-state index in [9.17, 15) is 0 Å². The van der Waals surface area contributed by atoms with E-state index in [1.165, 1.54) is 0 Å². The van der Waals surface area contributed by atoms with Crippen LogP contribution in [-0.2, 0) is 0 Å². The monoisotopic (exact) mass is 196 g/mol. The van der Waals surface area contributed by atoms with E-state index in [-0.39, 0.29) is 0 Å². The quantitative estimate of drug-likeness (QED) is 0.750. The number of hydrogen-bond acceptors (Lipinski definition) is 2. The molecule has 0 aliphatic rings. The lowest BCUT2D eigenvalue weighted by Crippen LogP contribution is -1.87. The summed E-state index contributed by atoms with van der Waals surface area (Å²) < 4.78 is 0. The maximum atomic E-state index is 5.82. The normalized spacial score (nSPS) is 10.7. The first kappa shape index (κ1) is 9.46. The fraction of sp³-hybridized carbons (Fsp3) is 0. The van der Waals surface area contributed by atoms with E-state index in [2.05, 4.69) is 4.98 Å². The van der Waals surface area contributed by atoms with Gasteiger partial charge >= 0.3 is 0 Å². The highest BCUT2D eigenvalue weighted by Gasteiger charge is 1.91. The highest BCUT2D eigenvalue weighted by Crippen LogP contribution is 2.14. The smallest absolute Gasteiger partial charge is 0.0387 e. The van der Waals surface area contributed by atoms with Gasteiger partial charge in [0.05, 0.1) is 0 Å². The zero-order valence-corrected chi connectivity index (χ0v) is 8.30. The first-order valence-corrected chi connectivity index (χ1v) is 4.79. The predicted octanol–water partition coefficient (Wildman–Crippen LogP) is 2.83. The molecule has 2 nitrogen and oxygen atoms in total. The van der Waals surface area contributed by atoms with Crippen molar-refractivity contribution in [3.05, 3.63) is 59.9 Å². The molecule has 0 fully saturated rings. The van der Waals surface area contributed by atoms with Gasteiger partial charge in [-0.3, -0.25) is 4.98 Å². The number of para-hydroxylation sites is 1. The van der Waals surface area contributed by atoms with Gasteiger partial charge in [-0.25, -0.2) is 0 Å². The minimum absolute atomic E-state index is 0.794. The molecule has 0 atom stereocenters. The molecule has 0 bridgehead atoms. The summed E-state index contributed by atoms with van der Waals surface area (Å²) in [6, 6.07) is 11.7. The second kappa shape index (κ2) is 4.42. The summed E-state index contributed by atoms with van der Waals surface area (Å²) in [5, 5.41) is 0. The Bertz CT molecular complexity index is 461. The predicted molar refractivity (Wildman–Crippen MR) is 64.0 cm³/mol. The van der Waals surface area contributed by atoms with Crippen molar-refractivity contribution < 1.29 is 0 Å². The molecular formula is C13H12N2. The number of nitrogen functional groups attached to an aromatic ring is 1. The molecule has 2 aromatic rings. The first-order chi connectivity index (χ1) is 7.36. The van der Waals surface area contributed by atoms with Crippen LogP contribution in [0, 0.1) is 0 Å². The Morgan fingerprint density at radius 3 is 2.40 bits per heavy atom. The van der Waals surface area contributed by atoms with Crippen molar-refractivity contribution in [2.75, 3.05) is 5.73 Å². The fourth-order valence-electron chi connectivity index (χ4n) is 1.32. The van der Waals surface area contributed by atoms with Gasteiger partial charge in [-0.05, 0) is 29.3 Å². The molecule has 0 amide bonds. The third-order valence-electron chi connectivity index (χ3n) is 2.16. The maximum Gasteiger partial charge on any atom is 0.0387 e. The van der Waals surface area contributed by atoms with Gasteiger partial charge in [0.2, 0.25) is 0 Å². The number of hydrogen-bond donors (Lipinski definition) is 1. The number of rotatable bonds is 2. The molecule has 0 radical (unpaired) electrons. The van der Waals surface area contributed by atoms with Crippen LogP contribution in [0.15, 0.2) is 48.8 Å².